The molecule has 0 heterocycles. The number of fused-ring (bicyclic) bond motifs is 2. The van der Waals surface area contributed by atoms with Gasteiger partial charge in [0.25, 0.3) is 0 Å². The molecule has 2 aliphatic rings. The summed E-state index contributed by atoms with van der Waals surface area (Å²) in [5.41, 5.74) is 0.499. The standard InChI is InChI=1S/C16H21BrN2O3S/c1-23(21,22)19(14-6-4-13(17)5-7-14)10-16(20)18-15-9-11-2-3-12(15)8-11/h4-7,11-12,15H,2-3,8-10H2,1H3,(H,18,20)/t11-,12+,15+/m1/s1. The highest BCUT2D eigenvalue weighted by Crippen LogP contribution is 2.44. The SMILES string of the molecule is CS(=O)(=O)N(CC(=O)N[C@H]1C[C@@H]2CC[C@H]1C2)c1ccc(Br)cc1. The van der Waals surface area contributed by atoms with E-state index in [-0.39, 0.29) is 18.5 Å². The Kier molecular flexibility index (Phi) is 4.69. The summed E-state index contributed by atoms with van der Waals surface area (Å²) < 4.78 is 26.1. The van der Waals surface area contributed by atoms with Crippen LogP contribution >= 0.6 is 15.9 Å². The van der Waals surface area contributed by atoms with E-state index in [1.165, 1.54) is 19.3 Å². The molecular weight excluding hydrogens is 380 g/mol. The lowest BCUT2D eigenvalue weighted by Crippen LogP contribution is -2.45. The van der Waals surface area contributed by atoms with E-state index < -0.39 is 10.0 Å². The zero-order chi connectivity index (χ0) is 16.6. The van der Waals surface area contributed by atoms with Crippen LogP contribution in [0.15, 0.2) is 28.7 Å². The molecule has 1 amide bonds. The van der Waals surface area contributed by atoms with E-state index in [0.29, 0.717) is 11.6 Å². The first-order valence-corrected chi connectivity index (χ1v) is 10.5. The molecule has 0 unspecified atom stereocenters. The predicted molar refractivity (Wildman–Crippen MR) is 93.7 cm³/mol. The van der Waals surface area contributed by atoms with Gasteiger partial charge in [0.2, 0.25) is 15.9 Å². The van der Waals surface area contributed by atoms with Crippen molar-refractivity contribution in [2.75, 3.05) is 17.1 Å². The van der Waals surface area contributed by atoms with Gasteiger partial charge in [0.1, 0.15) is 6.54 Å². The fraction of sp³-hybridized carbons (Fsp3) is 0.562. The van der Waals surface area contributed by atoms with Crippen LogP contribution in [0.4, 0.5) is 5.69 Å². The highest BCUT2D eigenvalue weighted by molar-refractivity contribution is 9.10. The molecule has 0 spiro atoms. The molecule has 3 rings (SSSR count). The summed E-state index contributed by atoms with van der Waals surface area (Å²) >= 11 is 3.33. The molecule has 3 atom stereocenters. The number of carbonyl (C=O) groups excluding carboxylic acids is 1. The third-order valence-electron chi connectivity index (χ3n) is 4.89. The molecule has 5 nitrogen and oxygen atoms in total. The maximum Gasteiger partial charge on any atom is 0.241 e. The number of halogens is 1. The summed E-state index contributed by atoms with van der Waals surface area (Å²) in [6.07, 6.45) is 5.81. The van der Waals surface area contributed by atoms with E-state index in [0.717, 1.165) is 27.4 Å². The largest absolute Gasteiger partial charge is 0.352 e. The van der Waals surface area contributed by atoms with Gasteiger partial charge in [0, 0.05) is 10.5 Å². The van der Waals surface area contributed by atoms with Gasteiger partial charge >= 0.3 is 0 Å². The van der Waals surface area contributed by atoms with Gasteiger partial charge in [0.05, 0.1) is 11.9 Å². The predicted octanol–water partition coefficient (Wildman–Crippen LogP) is 2.52. The van der Waals surface area contributed by atoms with Gasteiger partial charge < -0.3 is 5.32 Å². The molecule has 1 aromatic rings. The Morgan fingerprint density at radius 1 is 1.26 bits per heavy atom. The van der Waals surface area contributed by atoms with Crippen LogP contribution in [0.2, 0.25) is 0 Å². The lowest BCUT2D eigenvalue weighted by molar-refractivity contribution is -0.120. The zero-order valence-electron chi connectivity index (χ0n) is 13.0. The van der Waals surface area contributed by atoms with Crippen LogP contribution in [-0.4, -0.2) is 33.2 Å². The van der Waals surface area contributed by atoms with Crippen molar-refractivity contribution in [2.45, 2.75) is 31.7 Å². The van der Waals surface area contributed by atoms with Crippen molar-refractivity contribution in [1.82, 2.24) is 5.32 Å². The minimum absolute atomic E-state index is 0.172. The third kappa shape index (κ3) is 3.88. The Balaban J connectivity index is 1.69. The van der Waals surface area contributed by atoms with Gasteiger partial charge in [0.15, 0.2) is 0 Å². The Hall–Kier alpha value is -1.08. The summed E-state index contributed by atoms with van der Waals surface area (Å²) in [6.45, 7) is -0.172. The summed E-state index contributed by atoms with van der Waals surface area (Å²) in [4.78, 5) is 12.3. The fourth-order valence-corrected chi connectivity index (χ4v) is 4.93. The average molecular weight is 401 g/mol. The van der Waals surface area contributed by atoms with Crippen LogP contribution in [0.5, 0.6) is 0 Å². The first-order chi connectivity index (χ1) is 10.8. The smallest absolute Gasteiger partial charge is 0.241 e. The Morgan fingerprint density at radius 2 is 1.96 bits per heavy atom. The average Bonchev–Trinajstić information content (AvgIpc) is 3.07. The van der Waals surface area contributed by atoms with Gasteiger partial charge in [-0.15, -0.1) is 0 Å². The number of benzene rings is 1. The second-order valence-corrected chi connectivity index (χ2v) is 9.42. The molecule has 23 heavy (non-hydrogen) atoms. The monoisotopic (exact) mass is 400 g/mol. The first-order valence-electron chi connectivity index (χ1n) is 7.85. The number of hydrogen-bond acceptors (Lipinski definition) is 3. The third-order valence-corrected chi connectivity index (χ3v) is 6.56. The van der Waals surface area contributed by atoms with E-state index >= 15 is 0 Å². The van der Waals surface area contributed by atoms with Crippen molar-refractivity contribution in [3.8, 4) is 0 Å². The topological polar surface area (TPSA) is 66.5 Å². The number of rotatable bonds is 5. The summed E-state index contributed by atoms with van der Waals surface area (Å²) in [5, 5.41) is 3.04. The van der Waals surface area contributed by atoms with Crippen LogP contribution in [0.25, 0.3) is 0 Å². The van der Waals surface area contributed by atoms with Crippen LogP contribution < -0.4 is 9.62 Å². The number of carbonyl (C=O) groups is 1. The molecule has 2 saturated carbocycles. The van der Waals surface area contributed by atoms with Crippen molar-refractivity contribution < 1.29 is 13.2 Å². The molecule has 0 saturated heterocycles. The van der Waals surface area contributed by atoms with Crippen molar-refractivity contribution in [2.24, 2.45) is 11.8 Å². The molecule has 1 N–H and O–H groups in total. The highest BCUT2D eigenvalue weighted by atomic mass is 79.9. The van der Waals surface area contributed by atoms with Gasteiger partial charge in [-0.1, -0.05) is 22.4 Å². The number of anilines is 1. The maximum absolute atomic E-state index is 12.3. The molecule has 126 valence electrons. The van der Waals surface area contributed by atoms with Gasteiger partial charge in [-0.3, -0.25) is 9.10 Å². The second-order valence-electron chi connectivity index (χ2n) is 6.59. The summed E-state index contributed by atoms with van der Waals surface area (Å²) in [6, 6.07) is 7.13. The van der Waals surface area contributed by atoms with E-state index in [4.69, 9.17) is 0 Å². The highest BCUT2D eigenvalue weighted by Gasteiger charge is 2.40. The number of hydrogen-bond donors (Lipinski definition) is 1. The quantitative estimate of drug-likeness (QED) is 0.825. The number of nitrogens with one attached hydrogen (secondary N) is 1. The minimum Gasteiger partial charge on any atom is -0.352 e. The van der Waals surface area contributed by atoms with Gasteiger partial charge in [-0.2, -0.15) is 0 Å². The second kappa shape index (κ2) is 6.43. The van der Waals surface area contributed by atoms with Crippen molar-refractivity contribution >= 4 is 37.5 Å². The summed E-state index contributed by atoms with van der Waals surface area (Å²) in [5.74, 6) is 1.09. The lowest BCUT2D eigenvalue weighted by Gasteiger charge is -2.26. The van der Waals surface area contributed by atoms with Crippen LogP contribution in [0, 0.1) is 11.8 Å². The minimum atomic E-state index is -3.51. The number of nitrogens with zero attached hydrogens (tertiary/aromatic N) is 1. The lowest BCUT2D eigenvalue weighted by atomic mass is 9.95. The van der Waals surface area contributed by atoms with Crippen LogP contribution in [0.1, 0.15) is 25.7 Å². The van der Waals surface area contributed by atoms with E-state index in [2.05, 4.69) is 21.2 Å². The summed E-state index contributed by atoms with van der Waals surface area (Å²) in [7, 11) is -3.51. The van der Waals surface area contributed by atoms with E-state index in [1.54, 1.807) is 24.3 Å². The molecule has 0 aliphatic heterocycles. The molecule has 7 heteroatoms. The normalized spacial score (nSPS) is 26.3. The van der Waals surface area contributed by atoms with Gasteiger partial charge in [-0.05, 0) is 55.4 Å². The van der Waals surface area contributed by atoms with Crippen molar-refractivity contribution in [3.05, 3.63) is 28.7 Å². The van der Waals surface area contributed by atoms with Crippen molar-refractivity contribution in [3.63, 3.8) is 0 Å². The fourth-order valence-electron chi connectivity index (χ4n) is 3.81. The van der Waals surface area contributed by atoms with Crippen LogP contribution in [0.3, 0.4) is 0 Å². The molecule has 1 aromatic carbocycles. The van der Waals surface area contributed by atoms with Crippen molar-refractivity contribution in [1.29, 1.82) is 0 Å². The Labute approximate surface area is 145 Å². The zero-order valence-corrected chi connectivity index (χ0v) is 15.4. The molecule has 0 aromatic heterocycles. The van der Waals surface area contributed by atoms with E-state index in [1.807, 2.05) is 0 Å². The Morgan fingerprint density at radius 3 is 2.48 bits per heavy atom. The molecule has 0 radical (unpaired) electrons. The Bertz CT molecular complexity index is 690. The first kappa shape index (κ1) is 16.8. The molecular formula is C16H21BrN2O3S. The van der Waals surface area contributed by atoms with Crippen LogP contribution in [-0.2, 0) is 14.8 Å². The molecule has 2 bridgehead atoms. The maximum atomic E-state index is 12.3. The number of amides is 1. The molecule has 2 aliphatic carbocycles. The van der Waals surface area contributed by atoms with E-state index in [9.17, 15) is 13.2 Å². The van der Waals surface area contributed by atoms with Gasteiger partial charge in [-0.25, -0.2) is 8.42 Å². The molecule has 2 fully saturated rings. The number of sulfonamides is 1.